The monoisotopic (exact) mass is 369 g/mol. The fraction of sp³-hybridized carbons (Fsp3) is 0.450. The maximum absolute atomic E-state index is 5.32. The topological polar surface area (TPSA) is 74.1 Å². The zero-order valence-corrected chi connectivity index (χ0v) is 16.8. The van der Waals surface area contributed by atoms with Gasteiger partial charge in [-0.05, 0) is 51.0 Å². The van der Waals surface area contributed by atoms with Crippen LogP contribution in [0.3, 0.4) is 0 Å². The van der Waals surface area contributed by atoms with Crippen molar-refractivity contribution in [1.29, 1.82) is 0 Å². The van der Waals surface area contributed by atoms with Crippen molar-refractivity contribution < 1.29 is 9.47 Å². The molecule has 0 amide bonds. The van der Waals surface area contributed by atoms with Crippen LogP contribution in [0.15, 0.2) is 18.2 Å². The third-order valence-corrected chi connectivity index (χ3v) is 4.65. The number of aryl methyl sites for hydroxylation is 3. The van der Waals surface area contributed by atoms with Crippen molar-refractivity contribution in [3.05, 3.63) is 35.3 Å². The van der Waals surface area contributed by atoms with Crippen LogP contribution >= 0.6 is 0 Å². The Morgan fingerprint density at radius 2 is 1.93 bits per heavy atom. The molecule has 0 radical (unpaired) electrons. The van der Waals surface area contributed by atoms with E-state index in [4.69, 9.17) is 14.6 Å². The highest BCUT2D eigenvalue weighted by Crippen LogP contribution is 2.29. The summed E-state index contributed by atoms with van der Waals surface area (Å²) in [7, 11) is 3.38. The van der Waals surface area contributed by atoms with Gasteiger partial charge in [0.25, 0.3) is 0 Å². The molecule has 0 aliphatic carbocycles. The highest BCUT2D eigenvalue weighted by Gasteiger charge is 2.19. The third-order valence-electron chi connectivity index (χ3n) is 4.65. The van der Waals surface area contributed by atoms with E-state index in [1.807, 2.05) is 43.7 Å². The summed E-state index contributed by atoms with van der Waals surface area (Å²) in [5.74, 6) is 2.32. The molecule has 0 unspecified atom stereocenters. The van der Waals surface area contributed by atoms with Crippen LogP contribution in [0.1, 0.15) is 30.4 Å². The molecule has 0 aliphatic rings. The first-order valence-corrected chi connectivity index (χ1v) is 9.12. The number of rotatable bonds is 7. The highest BCUT2D eigenvalue weighted by molar-refractivity contribution is 5.90. The second kappa shape index (κ2) is 7.92. The molecule has 7 heteroatoms. The van der Waals surface area contributed by atoms with Crippen LogP contribution in [0.4, 0.5) is 5.82 Å². The Balaban J connectivity index is 2.15. The summed E-state index contributed by atoms with van der Waals surface area (Å²) in [6, 6.07) is 6.11. The van der Waals surface area contributed by atoms with E-state index in [0.717, 1.165) is 46.0 Å². The minimum atomic E-state index is 0.179. The number of hydrogen-bond acceptors (Lipinski definition) is 6. The van der Waals surface area contributed by atoms with Crippen LogP contribution in [0.5, 0.6) is 5.75 Å². The molecule has 27 heavy (non-hydrogen) atoms. The lowest BCUT2D eigenvalue weighted by Gasteiger charge is -2.17. The molecule has 2 heterocycles. The number of fused-ring (bicyclic) bond motifs is 1. The lowest BCUT2D eigenvalue weighted by molar-refractivity contribution is 0.184. The minimum Gasteiger partial charge on any atom is -0.497 e. The number of anilines is 1. The molecule has 1 atom stereocenters. The van der Waals surface area contributed by atoms with Crippen molar-refractivity contribution in [3.8, 4) is 11.4 Å². The van der Waals surface area contributed by atoms with Gasteiger partial charge in [-0.15, -0.1) is 0 Å². The molecule has 3 aromatic rings. The van der Waals surface area contributed by atoms with E-state index < -0.39 is 0 Å². The van der Waals surface area contributed by atoms with Gasteiger partial charge in [0.15, 0.2) is 5.65 Å². The maximum atomic E-state index is 5.32. The van der Waals surface area contributed by atoms with E-state index in [9.17, 15) is 0 Å². The van der Waals surface area contributed by atoms with Crippen molar-refractivity contribution in [1.82, 2.24) is 19.7 Å². The number of nitrogens with zero attached hydrogens (tertiary/aromatic N) is 4. The Morgan fingerprint density at radius 1 is 1.15 bits per heavy atom. The summed E-state index contributed by atoms with van der Waals surface area (Å²) in [4.78, 5) is 9.32. The number of nitrogens with one attached hydrogen (secondary N) is 1. The fourth-order valence-corrected chi connectivity index (χ4v) is 3.21. The van der Waals surface area contributed by atoms with Gasteiger partial charge < -0.3 is 14.8 Å². The van der Waals surface area contributed by atoms with E-state index in [0.29, 0.717) is 12.4 Å². The average Bonchev–Trinajstić information content (AvgIpc) is 2.97. The molecule has 0 bridgehead atoms. The molecule has 0 fully saturated rings. The van der Waals surface area contributed by atoms with Crippen molar-refractivity contribution in [2.24, 2.45) is 0 Å². The van der Waals surface area contributed by atoms with E-state index in [1.54, 1.807) is 14.2 Å². The van der Waals surface area contributed by atoms with Gasteiger partial charge in [-0.3, -0.25) is 0 Å². The molecule has 1 N–H and O–H groups in total. The summed E-state index contributed by atoms with van der Waals surface area (Å²) in [5.41, 5.74) is 3.72. The predicted octanol–water partition coefficient (Wildman–Crippen LogP) is 3.59. The van der Waals surface area contributed by atoms with Gasteiger partial charge >= 0.3 is 0 Å². The van der Waals surface area contributed by atoms with Crippen LogP contribution in [0.25, 0.3) is 16.7 Å². The third kappa shape index (κ3) is 3.73. The Hall–Kier alpha value is -2.67. The smallest absolute Gasteiger partial charge is 0.168 e. The minimum absolute atomic E-state index is 0.179. The summed E-state index contributed by atoms with van der Waals surface area (Å²) >= 11 is 0. The first-order chi connectivity index (χ1) is 13.0. The first-order valence-electron chi connectivity index (χ1n) is 9.12. The van der Waals surface area contributed by atoms with Gasteiger partial charge in [-0.25, -0.2) is 14.6 Å². The molecule has 7 nitrogen and oxygen atoms in total. The molecular weight excluding hydrogens is 342 g/mol. The fourth-order valence-electron chi connectivity index (χ4n) is 3.21. The van der Waals surface area contributed by atoms with E-state index in [2.05, 4.69) is 22.2 Å². The quantitative estimate of drug-likeness (QED) is 0.686. The lowest BCUT2D eigenvalue weighted by Crippen LogP contribution is -2.24. The van der Waals surface area contributed by atoms with E-state index >= 15 is 0 Å². The number of benzene rings is 1. The molecule has 3 rings (SSSR count). The van der Waals surface area contributed by atoms with Crippen molar-refractivity contribution >= 4 is 16.9 Å². The molecule has 2 aromatic heterocycles. The molecule has 0 saturated heterocycles. The standard InChI is InChI=1S/C20H27N5O2/c1-7-15(11-26-5)23-19-18-13(3)24-25(20(18)22-14(4)21-19)17-9-8-16(27-6)10-12(17)2/h8-10,15H,7,11H2,1-6H3,(H,21,22,23)/t15-/m0/s1. The largest absolute Gasteiger partial charge is 0.497 e. The lowest BCUT2D eigenvalue weighted by atomic mass is 10.2. The van der Waals surface area contributed by atoms with Crippen molar-refractivity contribution in [2.75, 3.05) is 26.1 Å². The normalized spacial score (nSPS) is 12.4. The predicted molar refractivity (Wildman–Crippen MR) is 107 cm³/mol. The van der Waals surface area contributed by atoms with Crippen LogP contribution in [-0.2, 0) is 4.74 Å². The molecule has 0 spiro atoms. The van der Waals surface area contributed by atoms with Crippen LogP contribution < -0.4 is 10.1 Å². The van der Waals surface area contributed by atoms with E-state index in [-0.39, 0.29) is 6.04 Å². The van der Waals surface area contributed by atoms with Gasteiger partial charge in [-0.1, -0.05) is 6.92 Å². The molecule has 144 valence electrons. The highest BCUT2D eigenvalue weighted by atomic mass is 16.5. The number of hydrogen-bond donors (Lipinski definition) is 1. The van der Waals surface area contributed by atoms with Crippen molar-refractivity contribution in [2.45, 2.75) is 40.2 Å². The Bertz CT molecular complexity index is 951. The summed E-state index contributed by atoms with van der Waals surface area (Å²) in [6.45, 7) is 8.67. The van der Waals surface area contributed by atoms with Gasteiger partial charge in [0.1, 0.15) is 17.4 Å². The van der Waals surface area contributed by atoms with E-state index in [1.165, 1.54) is 0 Å². The van der Waals surface area contributed by atoms with Gasteiger partial charge in [0, 0.05) is 7.11 Å². The van der Waals surface area contributed by atoms with Gasteiger partial charge in [-0.2, -0.15) is 5.10 Å². The Labute approximate surface area is 159 Å². The first kappa shape index (κ1) is 19.1. The second-order valence-electron chi connectivity index (χ2n) is 6.67. The van der Waals surface area contributed by atoms with Crippen molar-refractivity contribution in [3.63, 3.8) is 0 Å². The zero-order valence-electron chi connectivity index (χ0n) is 16.8. The number of ether oxygens (including phenoxy) is 2. The number of methoxy groups -OCH3 is 2. The molecule has 1 aromatic carbocycles. The number of aromatic nitrogens is 4. The SMILES string of the molecule is CC[C@@H](COC)Nc1nc(C)nc2c1c(C)nn2-c1ccc(OC)cc1C. The molecule has 0 saturated carbocycles. The van der Waals surface area contributed by atoms with Crippen LogP contribution in [0.2, 0.25) is 0 Å². The average molecular weight is 369 g/mol. The maximum Gasteiger partial charge on any atom is 0.168 e. The summed E-state index contributed by atoms with van der Waals surface area (Å²) in [6.07, 6.45) is 0.934. The molecule has 0 aliphatic heterocycles. The second-order valence-corrected chi connectivity index (χ2v) is 6.67. The Morgan fingerprint density at radius 3 is 2.56 bits per heavy atom. The summed E-state index contributed by atoms with van der Waals surface area (Å²) in [5, 5.41) is 9.20. The van der Waals surface area contributed by atoms with Gasteiger partial charge in [0.05, 0.1) is 36.5 Å². The van der Waals surface area contributed by atoms with Crippen LogP contribution in [0, 0.1) is 20.8 Å². The van der Waals surface area contributed by atoms with Crippen LogP contribution in [-0.4, -0.2) is 46.6 Å². The summed E-state index contributed by atoms with van der Waals surface area (Å²) < 4.78 is 12.5. The Kier molecular flexibility index (Phi) is 5.60. The molecular formula is C20H27N5O2. The zero-order chi connectivity index (χ0) is 19.6. The van der Waals surface area contributed by atoms with Gasteiger partial charge in [0.2, 0.25) is 0 Å².